The van der Waals surface area contributed by atoms with Gasteiger partial charge in [0.2, 0.25) is 6.79 Å². The van der Waals surface area contributed by atoms with Crippen molar-refractivity contribution in [3.63, 3.8) is 0 Å². The second kappa shape index (κ2) is 4.82. The van der Waals surface area contributed by atoms with Gasteiger partial charge in [-0.15, -0.1) is 0 Å². The molecule has 0 saturated heterocycles. The molecule has 98 valence electrons. The second-order valence-electron chi connectivity index (χ2n) is 4.29. The number of aliphatic hydroxyl groups excluding tert-OH is 1. The Labute approximate surface area is 111 Å². The quantitative estimate of drug-likeness (QED) is 0.919. The zero-order valence-corrected chi connectivity index (χ0v) is 10.5. The van der Waals surface area contributed by atoms with E-state index >= 15 is 0 Å². The minimum Gasteiger partial charge on any atom is -0.497 e. The fraction of sp³-hybridized carbons (Fsp3) is 0.200. The molecule has 0 radical (unpaired) electrons. The van der Waals surface area contributed by atoms with Crippen LogP contribution in [-0.2, 0) is 0 Å². The van der Waals surface area contributed by atoms with Crippen molar-refractivity contribution in [1.29, 1.82) is 0 Å². The summed E-state index contributed by atoms with van der Waals surface area (Å²) in [5.41, 5.74) is 1.54. The van der Waals surface area contributed by atoms with Crippen LogP contribution >= 0.6 is 0 Å². The highest BCUT2D eigenvalue weighted by Gasteiger charge is 2.17. The van der Waals surface area contributed by atoms with E-state index in [1.165, 1.54) is 0 Å². The van der Waals surface area contributed by atoms with Crippen molar-refractivity contribution in [1.82, 2.24) is 0 Å². The first-order chi connectivity index (χ1) is 9.28. The molecule has 1 atom stereocenters. The van der Waals surface area contributed by atoms with Gasteiger partial charge < -0.3 is 19.3 Å². The van der Waals surface area contributed by atoms with Gasteiger partial charge >= 0.3 is 0 Å². The molecule has 1 N–H and O–H groups in total. The molecule has 4 nitrogen and oxygen atoms in total. The van der Waals surface area contributed by atoms with Gasteiger partial charge in [0.05, 0.1) is 7.11 Å². The molecule has 19 heavy (non-hydrogen) atoms. The Bertz CT molecular complexity index is 594. The summed E-state index contributed by atoms with van der Waals surface area (Å²) in [7, 11) is 1.60. The van der Waals surface area contributed by atoms with Gasteiger partial charge in [0.15, 0.2) is 11.5 Å². The van der Waals surface area contributed by atoms with E-state index in [1.807, 2.05) is 30.3 Å². The highest BCUT2D eigenvalue weighted by molar-refractivity contribution is 5.47. The third kappa shape index (κ3) is 2.22. The maximum atomic E-state index is 10.4. The van der Waals surface area contributed by atoms with Crippen LogP contribution < -0.4 is 14.2 Å². The number of hydrogen-bond acceptors (Lipinski definition) is 4. The SMILES string of the molecule is COc1cccc(C(O)c2ccc3c(c2)OCO3)c1. The molecule has 1 aliphatic rings. The summed E-state index contributed by atoms with van der Waals surface area (Å²) in [6.07, 6.45) is -0.718. The Hall–Kier alpha value is -2.20. The molecule has 0 bridgehead atoms. The number of fused-ring (bicyclic) bond motifs is 1. The Balaban J connectivity index is 1.92. The topological polar surface area (TPSA) is 47.9 Å². The van der Waals surface area contributed by atoms with E-state index in [9.17, 15) is 5.11 Å². The summed E-state index contributed by atoms with van der Waals surface area (Å²) in [5.74, 6) is 2.10. The summed E-state index contributed by atoms with van der Waals surface area (Å²) in [4.78, 5) is 0. The fourth-order valence-electron chi connectivity index (χ4n) is 2.09. The van der Waals surface area contributed by atoms with Crippen LogP contribution in [0.5, 0.6) is 17.2 Å². The van der Waals surface area contributed by atoms with Crippen LogP contribution in [0.1, 0.15) is 17.2 Å². The number of hydrogen-bond donors (Lipinski definition) is 1. The summed E-state index contributed by atoms with van der Waals surface area (Å²) >= 11 is 0. The van der Waals surface area contributed by atoms with Crippen molar-refractivity contribution in [2.45, 2.75) is 6.10 Å². The third-order valence-electron chi connectivity index (χ3n) is 3.12. The van der Waals surface area contributed by atoms with Crippen molar-refractivity contribution in [3.8, 4) is 17.2 Å². The highest BCUT2D eigenvalue weighted by Crippen LogP contribution is 2.35. The average Bonchev–Trinajstić information content (AvgIpc) is 2.94. The number of aliphatic hydroxyl groups is 1. The van der Waals surface area contributed by atoms with Gasteiger partial charge in [0.25, 0.3) is 0 Å². The molecule has 0 aromatic heterocycles. The largest absolute Gasteiger partial charge is 0.497 e. The van der Waals surface area contributed by atoms with Gasteiger partial charge in [-0.2, -0.15) is 0 Å². The predicted molar refractivity (Wildman–Crippen MR) is 69.6 cm³/mol. The molecular weight excluding hydrogens is 244 g/mol. The Morgan fingerprint density at radius 2 is 1.84 bits per heavy atom. The van der Waals surface area contributed by atoms with E-state index in [4.69, 9.17) is 14.2 Å². The van der Waals surface area contributed by atoms with Gasteiger partial charge in [-0.1, -0.05) is 18.2 Å². The zero-order valence-electron chi connectivity index (χ0n) is 10.5. The number of ether oxygens (including phenoxy) is 3. The van der Waals surface area contributed by atoms with Crippen molar-refractivity contribution in [2.24, 2.45) is 0 Å². The van der Waals surface area contributed by atoms with Gasteiger partial charge in [-0.3, -0.25) is 0 Å². The van der Waals surface area contributed by atoms with E-state index in [1.54, 1.807) is 19.2 Å². The number of methoxy groups -OCH3 is 1. The van der Waals surface area contributed by atoms with E-state index in [0.717, 1.165) is 16.9 Å². The lowest BCUT2D eigenvalue weighted by Gasteiger charge is -2.13. The monoisotopic (exact) mass is 258 g/mol. The van der Waals surface area contributed by atoms with Crippen molar-refractivity contribution in [3.05, 3.63) is 53.6 Å². The number of rotatable bonds is 3. The van der Waals surface area contributed by atoms with E-state index in [2.05, 4.69) is 0 Å². The van der Waals surface area contributed by atoms with E-state index < -0.39 is 6.10 Å². The van der Waals surface area contributed by atoms with E-state index in [0.29, 0.717) is 11.5 Å². The van der Waals surface area contributed by atoms with Crippen LogP contribution in [-0.4, -0.2) is 19.0 Å². The molecule has 3 rings (SSSR count). The molecule has 0 aliphatic carbocycles. The lowest BCUT2D eigenvalue weighted by atomic mass is 10.0. The van der Waals surface area contributed by atoms with Crippen molar-refractivity contribution in [2.75, 3.05) is 13.9 Å². The number of benzene rings is 2. The maximum absolute atomic E-state index is 10.4. The van der Waals surface area contributed by atoms with Gasteiger partial charge in [-0.05, 0) is 35.4 Å². The highest BCUT2D eigenvalue weighted by atomic mass is 16.7. The standard InChI is InChI=1S/C15H14O4/c1-17-12-4-2-3-10(7-12)15(16)11-5-6-13-14(8-11)19-9-18-13/h2-8,15-16H,9H2,1H3. The molecule has 1 aliphatic heterocycles. The van der Waals surface area contributed by atoms with Gasteiger partial charge in [0.1, 0.15) is 11.9 Å². The van der Waals surface area contributed by atoms with Crippen molar-refractivity contribution < 1.29 is 19.3 Å². The summed E-state index contributed by atoms with van der Waals surface area (Å²) in [5, 5.41) is 10.4. The first-order valence-electron chi connectivity index (χ1n) is 5.99. The van der Waals surface area contributed by atoms with Crippen LogP contribution in [0.25, 0.3) is 0 Å². The molecule has 2 aromatic carbocycles. The predicted octanol–water partition coefficient (Wildman–Crippen LogP) is 2.51. The minimum absolute atomic E-state index is 0.230. The van der Waals surface area contributed by atoms with Crippen LogP contribution in [0.4, 0.5) is 0 Å². The normalized spacial score (nSPS) is 14.2. The smallest absolute Gasteiger partial charge is 0.231 e. The molecule has 0 fully saturated rings. The molecule has 0 amide bonds. The van der Waals surface area contributed by atoms with Crippen molar-refractivity contribution >= 4 is 0 Å². The first-order valence-corrected chi connectivity index (χ1v) is 5.99. The van der Waals surface area contributed by atoms with Gasteiger partial charge in [0, 0.05) is 0 Å². The zero-order chi connectivity index (χ0) is 13.2. The maximum Gasteiger partial charge on any atom is 0.231 e. The molecule has 4 heteroatoms. The van der Waals surface area contributed by atoms with Crippen LogP contribution in [0.3, 0.4) is 0 Å². The van der Waals surface area contributed by atoms with Gasteiger partial charge in [-0.25, -0.2) is 0 Å². The summed E-state index contributed by atoms with van der Waals surface area (Å²) in [6, 6.07) is 12.8. The second-order valence-corrected chi connectivity index (χ2v) is 4.29. The van der Waals surface area contributed by atoms with Crippen LogP contribution in [0, 0.1) is 0 Å². The Morgan fingerprint density at radius 3 is 2.68 bits per heavy atom. The fourth-order valence-corrected chi connectivity index (χ4v) is 2.09. The molecule has 1 unspecified atom stereocenters. The summed E-state index contributed by atoms with van der Waals surface area (Å²) in [6.45, 7) is 0.230. The molecule has 1 heterocycles. The molecule has 2 aromatic rings. The molecule has 0 spiro atoms. The Kier molecular flexibility index (Phi) is 3.01. The van der Waals surface area contributed by atoms with E-state index in [-0.39, 0.29) is 6.79 Å². The molecule has 0 saturated carbocycles. The van der Waals surface area contributed by atoms with Crippen LogP contribution in [0.15, 0.2) is 42.5 Å². The lowest BCUT2D eigenvalue weighted by molar-refractivity contribution is 0.173. The average molecular weight is 258 g/mol. The third-order valence-corrected chi connectivity index (χ3v) is 3.12. The van der Waals surface area contributed by atoms with Crippen LogP contribution in [0.2, 0.25) is 0 Å². The minimum atomic E-state index is -0.718. The molecular formula is C15H14O4. The lowest BCUT2D eigenvalue weighted by Crippen LogP contribution is -2.00. The first kappa shape index (κ1) is 11.9. The summed E-state index contributed by atoms with van der Waals surface area (Å²) < 4.78 is 15.7. The Morgan fingerprint density at radius 1 is 1.05 bits per heavy atom.